The van der Waals surface area contributed by atoms with Crippen molar-refractivity contribution in [3.8, 4) is 0 Å². The Morgan fingerprint density at radius 1 is 0.818 bits per heavy atom. The summed E-state index contributed by atoms with van der Waals surface area (Å²) < 4.78 is 5.68. The zero-order valence-electron chi connectivity index (χ0n) is 6.30. The van der Waals surface area contributed by atoms with Crippen molar-refractivity contribution in [3.05, 3.63) is 0 Å². The summed E-state index contributed by atoms with van der Waals surface area (Å²) in [5.74, 6) is 0. The van der Waals surface area contributed by atoms with Crippen LogP contribution in [0.15, 0.2) is 0 Å². The van der Waals surface area contributed by atoms with Crippen LogP contribution in [0, 0.1) is 0 Å². The zero-order chi connectivity index (χ0) is 7.84. The van der Waals surface area contributed by atoms with Crippen molar-refractivity contribution in [2.24, 2.45) is 0 Å². The van der Waals surface area contributed by atoms with Gasteiger partial charge in [0.1, 0.15) is 0 Å². The Labute approximate surface area is 77.0 Å². The van der Waals surface area contributed by atoms with Gasteiger partial charge < -0.3 is 4.74 Å². The topological polar surface area (TPSA) is 9.23 Å². The van der Waals surface area contributed by atoms with E-state index in [0.29, 0.717) is 0 Å². The molecule has 2 fully saturated rings. The first-order valence-electron chi connectivity index (χ1n) is 4.21. The zero-order valence-corrected chi connectivity index (χ0v) is 7.81. The van der Waals surface area contributed by atoms with Crippen LogP contribution in [0.2, 0.25) is 0 Å². The number of ether oxygens (including phenoxy) is 1. The third-order valence-electron chi connectivity index (χ3n) is 2.61. The molecule has 2 rings (SSSR count). The van der Waals surface area contributed by atoms with Gasteiger partial charge in [-0.05, 0) is 25.7 Å². The summed E-state index contributed by atoms with van der Waals surface area (Å²) >= 11 is 12.2. The number of rotatable bonds is 0. The second kappa shape index (κ2) is 3.12. The average molecular weight is 195 g/mol. The maximum Gasteiger partial charge on any atom is 0.0744 e. The van der Waals surface area contributed by atoms with Crippen molar-refractivity contribution in [3.63, 3.8) is 0 Å². The van der Waals surface area contributed by atoms with Gasteiger partial charge in [-0.1, -0.05) is 0 Å². The molecular formula is C8H12Cl2O. The van der Waals surface area contributed by atoms with E-state index in [1.165, 1.54) is 0 Å². The predicted octanol–water partition coefficient (Wildman–Crippen LogP) is 2.54. The van der Waals surface area contributed by atoms with E-state index in [2.05, 4.69) is 0 Å². The minimum absolute atomic E-state index is 0.198. The smallest absolute Gasteiger partial charge is 0.0744 e. The van der Waals surface area contributed by atoms with Gasteiger partial charge in [0, 0.05) is 0 Å². The molecule has 0 aromatic rings. The summed E-state index contributed by atoms with van der Waals surface area (Å²) in [4.78, 5) is 0. The van der Waals surface area contributed by atoms with Crippen molar-refractivity contribution >= 4 is 23.2 Å². The minimum atomic E-state index is 0.198. The number of hydrogen-bond donors (Lipinski definition) is 0. The number of hydrogen-bond acceptors (Lipinski definition) is 1. The van der Waals surface area contributed by atoms with Crippen LogP contribution in [0.25, 0.3) is 0 Å². The SMILES string of the molecule is Cl[C@@H]1CC[C@H](Cl)[C@H]2CC[C@H]1O2. The molecule has 2 heterocycles. The molecule has 1 nitrogen and oxygen atoms in total. The molecule has 0 N–H and O–H groups in total. The molecule has 2 saturated heterocycles. The molecule has 0 unspecified atom stereocenters. The Kier molecular flexibility index (Phi) is 2.31. The molecule has 0 amide bonds. The van der Waals surface area contributed by atoms with Crippen molar-refractivity contribution in [1.82, 2.24) is 0 Å². The fourth-order valence-corrected chi connectivity index (χ4v) is 2.53. The van der Waals surface area contributed by atoms with Gasteiger partial charge in [0.2, 0.25) is 0 Å². The maximum atomic E-state index is 6.10. The van der Waals surface area contributed by atoms with E-state index in [9.17, 15) is 0 Å². The fourth-order valence-electron chi connectivity index (χ4n) is 1.91. The quantitative estimate of drug-likeness (QED) is 0.539. The van der Waals surface area contributed by atoms with Crippen LogP contribution in [-0.2, 0) is 4.74 Å². The molecule has 4 atom stereocenters. The molecule has 0 saturated carbocycles. The molecule has 3 heteroatoms. The Bertz CT molecular complexity index is 135. The number of halogens is 2. The molecule has 2 bridgehead atoms. The lowest BCUT2D eigenvalue weighted by atomic mass is 10.0. The van der Waals surface area contributed by atoms with Gasteiger partial charge >= 0.3 is 0 Å². The first kappa shape index (κ1) is 8.15. The Balaban J connectivity index is 2.07. The van der Waals surface area contributed by atoms with Gasteiger partial charge in [0.05, 0.1) is 23.0 Å². The van der Waals surface area contributed by atoms with Crippen LogP contribution in [-0.4, -0.2) is 23.0 Å². The molecular weight excluding hydrogens is 183 g/mol. The second-order valence-corrected chi connectivity index (χ2v) is 4.52. The molecule has 0 spiro atoms. The highest BCUT2D eigenvalue weighted by Crippen LogP contribution is 2.35. The monoisotopic (exact) mass is 194 g/mol. The van der Waals surface area contributed by atoms with Crippen molar-refractivity contribution in [2.45, 2.75) is 48.6 Å². The van der Waals surface area contributed by atoms with E-state index in [1.54, 1.807) is 0 Å². The van der Waals surface area contributed by atoms with E-state index in [1.807, 2.05) is 0 Å². The summed E-state index contributed by atoms with van der Waals surface area (Å²) in [6.07, 6.45) is 4.79. The Morgan fingerprint density at radius 2 is 1.27 bits per heavy atom. The second-order valence-electron chi connectivity index (χ2n) is 3.40. The highest BCUT2D eigenvalue weighted by atomic mass is 35.5. The normalized spacial score (nSPS) is 50.7. The van der Waals surface area contributed by atoms with Crippen LogP contribution in [0.1, 0.15) is 25.7 Å². The maximum absolute atomic E-state index is 6.10. The summed E-state index contributed by atoms with van der Waals surface area (Å²) in [7, 11) is 0. The third kappa shape index (κ3) is 1.51. The highest BCUT2D eigenvalue weighted by molar-refractivity contribution is 6.22. The third-order valence-corrected chi connectivity index (χ3v) is 3.61. The van der Waals surface area contributed by atoms with E-state index in [0.717, 1.165) is 25.7 Å². The number of alkyl halides is 2. The Morgan fingerprint density at radius 3 is 1.73 bits per heavy atom. The van der Waals surface area contributed by atoms with Crippen LogP contribution in [0.3, 0.4) is 0 Å². The largest absolute Gasteiger partial charge is 0.372 e. The molecule has 11 heavy (non-hydrogen) atoms. The van der Waals surface area contributed by atoms with E-state index < -0.39 is 0 Å². The van der Waals surface area contributed by atoms with Gasteiger partial charge in [0.15, 0.2) is 0 Å². The highest BCUT2D eigenvalue weighted by Gasteiger charge is 2.37. The molecule has 0 aromatic heterocycles. The first-order chi connectivity index (χ1) is 5.27. The van der Waals surface area contributed by atoms with Crippen LogP contribution < -0.4 is 0 Å². The Hall–Kier alpha value is 0.540. The van der Waals surface area contributed by atoms with Gasteiger partial charge in [0.25, 0.3) is 0 Å². The summed E-state index contributed by atoms with van der Waals surface area (Å²) in [6.45, 7) is 0. The lowest BCUT2D eigenvalue weighted by molar-refractivity contribution is 0.0535. The van der Waals surface area contributed by atoms with E-state index in [4.69, 9.17) is 27.9 Å². The standard InChI is InChI=1S/C8H12Cl2O/c9-5-1-2-6(10)8-4-3-7(5)11-8/h5-8H,1-4H2/t5-,6+,7-,8-/m1/s1. The summed E-state index contributed by atoms with van der Waals surface area (Å²) in [6, 6.07) is 0. The molecule has 2 aliphatic rings. The molecule has 0 aliphatic carbocycles. The van der Waals surface area contributed by atoms with Gasteiger partial charge in [-0.15, -0.1) is 23.2 Å². The van der Waals surface area contributed by atoms with E-state index in [-0.39, 0.29) is 23.0 Å². The fraction of sp³-hybridized carbons (Fsp3) is 1.00. The van der Waals surface area contributed by atoms with Crippen LogP contribution >= 0.6 is 23.2 Å². The molecule has 0 radical (unpaired) electrons. The van der Waals surface area contributed by atoms with Crippen molar-refractivity contribution in [2.75, 3.05) is 0 Å². The van der Waals surface area contributed by atoms with Gasteiger partial charge in [-0.3, -0.25) is 0 Å². The average Bonchev–Trinajstić information content (AvgIpc) is 2.42. The summed E-state index contributed by atoms with van der Waals surface area (Å²) in [5.41, 5.74) is 0. The van der Waals surface area contributed by atoms with Gasteiger partial charge in [-0.2, -0.15) is 0 Å². The molecule has 2 aliphatic heterocycles. The van der Waals surface area contributed by atoms with E-state index >= 15 is 0 Å². The van der Waals surface area contributed by atoms with Crippen molar-refractivity contribution in [1.29, 1.82) is 0 Å². The van der Waals surface area contributed by atoms with Crippen LogP contribution in [0.5, 0.6) is 0 Å². The molecule has 64 valence electrons. The minimum Gasteiger partial charge on any atom is -0.372 e. The van der Waals surface area contributed by atoms with Crippen LogP contribution in [0.4, 0.5) is 0 Å². The summed E-state index contributed by atoms with van der Waals surface area (Å²) in [5, 5.41) is 0.396. The van der Waals surface area contributed by atoms with Crippen molar-refractivity contribution < 1.29 is 4.74 Å². The predicted molar refractivity (Wildman–Crippen MR) is 46.4 cm³/mol. The first-order valence-corrected chi connectivity index (χ1v) is 5.08. The number of fused-ring (bicyclic) bond motifs is 2. The lowest BCUT2D eigenvalue weighted by Gasteiger charge is -2.12. The lowest BCUT2D eigenvalue weighted by Crippen LogP contribution is -2.19. The van der Waals surface area contributed by atoms with Gasteiger partial charge in [-0.25, -0.2) is 0 Å². The molecule has 0 aromatic carbocycles.